The number of fused-ring (bicyclic) bond motifs is 1. The van der Waals surface area contributed by atoms with Crippen molar-refractivity contribution in [3.8, 4) is 22.8 Å². The van der Waals surface area contributed by atoms with Crippen molar-refractivity contribution < 1.29 is 19.1 Å². The van der Waals surface area contributed by atoms with Gasteiger partial charge in [0.05, 0.1) is 10.7 Å². The van der Waals surface area contributed by atoms with Crippen LogP contribution in [-0.2, 0) is 4.79 Å². The largest absolute Gasteiger partial charge is 0.454 e. The minimum absolute atomic E-state index is 0.0352. The highest BCUT2D eigenvalue weighted by Gasteiger charge is 2.26. The lowest BCUT2D eigenvalue weighted by Gasteiger charge is -2.36. The number of rotatable bonds is 7. The van der Waals surface area contributed by atoms with Gasteiger partial charge in [0.25, 0.3) is 5.91 Å². The molecule has 1 fully saturated rings. The van der Waals surface area contributed by atoms with Gasteiger partial charge in [-0.3, -0.25) is 9.59 Å². The van der Waals surface area contributed by atoms with Crippen LogP contribution in [0, 0.1) is 0 Å². The zero-order valence-electron chi connectivity index (χ0n) is 20.6. The highest BCUT2D eigenvalue weighted by Crippen LogP contribution is 2.33. The zero-order valence-corrected chi connectivity index (χ0v) is 21.4. The molecule has 0 unspecified atom stereocenters. The van der Waals surface area contributed by atoms with Crippen LogP contribution < -0.4 is 14.4 Å². The van der Waals surface area contributed by atoms with Crippen LogP contribution in [0.5, 0.6) is 11.5 Å². The van der Waals surface area contributed by atoms with E-state index in [2.05, 4.69) is 15.1 Å². The summed E-state index contributed by atoms with van der Waals surface area (Å²) < 4.78 is 10.7. The lowest BCUT2D eigenvalue weighted by Crippen LogP contribution is -2.52. The van der Waals surface area contributed by atoms with Gasteiger partial charge in [0.1, 0.15) is 6.54 Å². The van der Waals surface area contributed by atoms with Crippen molar-refractivity contribution in [2.45, 2.75) is 13.3 Å². The molecule has 2 aliphatic rings. The predicted octanol–water partition coefficient (Wildman–Crippen LogP) is 3.73. The number of ether oxygens (including phenoxy) is 2. The number of hydrogen-bond donors (Lipinski definition) is 0. The average molecular weight is 522 g/mol. The van der Waals surface area contributed by atoms with E-state index >= 15 is 0 Å². The smallest absolute Gasteiger partial charge is 0.254 e. The standard InChI is InChI=1S/C27H28ClN5O4/c1-2-11-33(27(35)19-7-9-23-24(16-19)37-18-36-23)17-26(34)32-14-12-31(13-15-32)25-10-8-22(29-30-25)20-5-3-4-6-21(20)28/h3-10,16H,2,11-15,17-18H2,1H3. The van der Waals surface area contributed by atoms with Gasteiger partial charge in [-0.1, -0.05) is 36.7 Å². The van der Waals surface area contributed by atoms with Crippen LogP contribution in [0.2, 0.25) is 5.02 Å². The van der Waals surface area contributed by atoms with E-state index < -0.39 is 0 Å². The Hall–Kier alpha value is -3.85. The second kappa shape index (κ2) is 11.0. The number of piperazine rings is 1. The van der Waals surface area contributed by atoms with E-state index in [4.69, 9.17) is 21.1 Å². The van der Waals surface area contributed by atoms with E-state index in [9.17, 15) is 9.59 Å². The molecule has 9 nitrogen and oxygen atoms in total. The molecule has 5 rings (SSSR count). The number of carbonyl (C=O) groups excluding carboxylic acids is 2. The highest BCUT2D eigenvalue weighted by molar-refractivity contribution is 6.33. The first kappa shape index (κ1) is 24.8. The number of aromatic nitrogens is 2. The minimum Gasteiger partial charge on any atom is -0.454 e. The molecule has 3 aromatic rings. The van der Waals surface area contributed by atoms with Crippen molar-refractivity contribution in [2.24, 2.45) is 0 Å². The molecule has 2 aliphatic heterocycles. The summed E-state index contributed by atoms with van der Waals surface area (Å²) in [4.78, 5) is 31.8. The third-order valence-corrected chi connectivity index (χ3v) is 6.81. The van der Waals surface area contributed by atoms with Crippen LogP contribution in [0.1, 0.15) is 23.7 Å². The average Bonchev–Trinajstić information content (AvgIpc) is 3.41. The predicted molar refractivity (Wildman–Crippen MR) is 140 cm³/mol. The van der Waals surface area contributed by atoms with Crippen LogP contribution in [0.3, 0.4) is 0 Å². The van der Waals surface area contributed by atoms with Crippen molar-refractivity contribution in [1.82, 2.24) is 20.0 Å². The maximum absolute atomic E-state index is 13.2. The summed E-state index contributed by atoms with van der Waals surface area (Å²) >= 11 is 6.27. The number of halogens is 1. The summed E-state index contributed by atoms with van der Waals surface area (Å²) in [6.45, 7) is 5.02. The Kier molecular flexibility index (Phi) is 7.41. The van der Waals surface area contributed by atoms with Crippen molar-refractivity contribution in [3.63, 3.8) is 0 Å². The fourth-order valence-corrected chi connectivity index (χ4v) is 4.72. The van der Waals surface area contributed by atoms with Gasteiger partial charge in [-0.05, 0) is 42.8 Å². The Balaban J connectivity index is 1.18. The van der Waals surface area contributed by atoms with Crippen molar-refractivity contribution in [2.75, 3.05) is 51.0 Å². The molecule has 10 heteroatoms. The number of hydrogen-bond acceptors (Lipinski definition) is 7. The second-order valence-corrected chi connectivity index (χ2v) is 9.33. The lowest BCUT2D eigenvalue weighted by atomic mass is 10.1. The molecule has 37 heavy (non-hydrogen) atoms. The molecule has 0 atom stereocenters. The Morgan fingerprint density at radius 3 is 2.49 bits per heavy atom. The first-order chi connectivity index (χ1) is 18.0. The fourth-order valence-electron chi connectivity index (χ4n) is 4.49. The van der Waals surface area contributed by atoms with E-state index in [1.54, 1.807) is 28.0 Å². The molecule has 0 bridgehead atoms. The Morgan fingerprint density at radius 1 is 0.973 bits per heavy atom. The number of amides is 2. The third-order valence-electron chi connectivity index (χ3n) is 6.48. The summed E-state index contributed by atoms with van der Waals surface area (Å²) in [5.74, 6) is 1.67. The molecule has 2 aromatic carbocycles. The number of anilines is 1. The Morgan fingerprint density at radius 2 is 1.76 bits per heavy atom. The van der Waals surface area contributed by atoms with Crippen LogP contribution in [-0.4, -0.2) is 77.9 Å². The van der Waals surface area contributed by atoms with E-state index in [1.165, 1.54) is 0 Å². The zero-order chi connectivity index (χ0) is 25.8. The van der Waals surface area contributed by atoms with Gasteiger partial charge in [-0.25, -0.2) is 0 Å². The molecular formula is C27H28ClN5O4. The fraction of sp³-hybridized carbons (Fsp3) is 0.333. The maximum atomic E-state index is 13.2. The van der Waals surface area contributed by atoms with Crippen molar-refractivity contribution >= 4 is 29.2 Å². The van der Waals surface area contributed by atoms with Gasteiger partial charge in [-0.2, -0.15) is 0 Å². The van der Waals surface area contributed by atoms with Gasteiger partial charge in [0, 0.05) is 43.9 Å². The molecule has 0 aliphatic carbocycles. The molecule has 0 radical (unpaired) electrons. The van der Waals surface area contributed by atoms with Gasteiger partial charge < -0.3 is 24.2 Å². The molecule has 3 heterocycles. The van der Waals surface area contributed by atoms with E-state index in [1.807, 2.05) is 43.3 Å². The summed E-state index contributed by atoms with van der Waals surface area (Å²) in [5, 5.41) is 9.37. The topological polar surface area (TPSA) is 88.1 Å². The molecule has 192 valence electrons. The summed E-state index contributed by atoms with van der Waals surface area (Å²) in [6, 6.07) is 16.5. The van der Waals surface area contributed by atoms with Crippen molar-refractivity contribution in [1.29, 1.82) is 0 Å². The number of carbonyl (C=O) groups is 2. The second-order valence-electron chi connectivity index (χ2n) is 8.92. The number of nitrogens with zero attached hydrogens (tertiary/aromatic N) is 5. The summed E-state index contributed by atoms with van der Waals surface area (Å²) in [7, 11) is 0. The van der Waals surface area contributed by atoms with Gasteiger partial charge in [-0.15, -0.1) is 10.2 Å². The Labute approximate surface area is 220 Å². The minimum atomic E-state index is -0.194. The highest BCUT2D eigenvalue weighted by atomic mass is 35.5. The van der Waals surface area contributed by atoms with Crippen LogP contribution in [0.15, 0.2) is 54.6 Å². The first-order valence-electron chi connectivity index (χ1n) is 12.3. The normalized spacial score (nSPS) is 14.5. The van der Waals surface area contributed by atoms with Gasteiger partial charge in [0.2, 0.25) is 12.7 Å². The quantitative estimate of drug-likeness (QED) is 0.468. The van der Waals surface area contributed by atoms with E-state index in [-0.39, 0.29) is 25.2 Å². The summed E-state index contributed by atoms with van der Waals surface area (Å²) in [6.07, 6.45) is 0.750. The SMILES string of the molecule is CCCN(CC(=O)N1CCN(c2ccc(-c3ccccc3Cl)nn2)CC1)C(=O)c1ccc2c(c1)OCO2. The number of benzene rings is 2. The monoisotopic (exact) mass is 521 g/mol. The first-order valence-corrected chi connectivity index (χ1v) is 12.7. The van der Waals surface area contributed by atoms with Gasteiger partial charge >= 0.3 is 0 Å². The Bertz CT molecular complexity index is 1280. The van der Waals surface area contributed by atoms with E-state index in [0.29, 0.717) is 60.5 Å². The molecule has 1 saturated heterocycles. The van der Waals surface area contributed by atoms with Crippen molar-refractivity contribution in [3.05, 3.63) is 65.2 Å². The van der Waals surface area contributed by atoms with E-state index in [0.717, 1.165) is 17.8 Å². The lowest BCUT2D eigenvalue weighted by molar-refractivity contribution is -0.132. The summed E-state index contributed by atoms with van der Waals surface area (Å²) in [5.41, 5.74) is 2.03. The van der Waals surface area contributed by atoms with Crippen LogP contribution in [0.4, 0.5) is 5.82 Å². The molecule has 2 amide bonds. The molecule has 0 saturated carbocycles. The molecule has 1 aromatic heterocycles. The molecular weight excluding hydrogens is 494 g/mol. The molecule has 0 spiro atoms. The van der Waals surface area contributed by atoms with Crippen LogP contribution >= 0.6 is 11.6 Å². The maximum Gasteiger partial charge on any atom is 0.254 e. The van der Waals surface area contributed by atoms with Gasteiger partial charge in [0.15, 0.2) is 17.3 Å². The third kappa shape index (κ3) is 5.46. The van der Waals surface area contributed by atoms with Crippen LogP contribution in [0.25, 0.3) is 11.3 Å². The molecule has 0 N–H and O–H groups in total.